The number of rotatable bonds is 4. The Bertz CT molecular complexity index is 327. The molecule has 16 heavy (non-hydrogen) atoms. The van der Waals surface area contributed by atoms with Crippen molar-refractivity contribution in [2.45, 2.75) is 38.3 Å². The van der Waals surface area contributed by atoms with Gasteiger partial charge >= 0.3 is 0 Å². The number of nitrogens with one attached hydrogen (secondary N) is 1. The molecule has 1 heterocycles. The highest BCUT2D eigenvalue weighted by Gasteiger charge is 2.21. The Morgan fingerprint density at radius 3 is 2.94 bits per heavy atom. The highest BCUT2D eigenvalue weighted by molar-refractivity contribution is 9.10. The molecule has 0 bridgehead atoms. The van der Waals surface area contributed by atoms with E-state index >= 15 is 0 Å². The lowest BCUT2D eigenvalue weighted by Crippen LogP contribution is -2.39. The van der Waals surface area contributed by atoms with E-state index in [9.17, 15) is 0 Å². The van der Waals surface area contributed by atoms with E-state index in [1.807, 2.05) is 0 Å². The minimum absolute atomic E-state index is 0.410. The fourth-order valence-electron chi connectivity index (χ4n) is 2.31. The van der Waals surface area contributed by atoms with Gasteiger partial charge < -0.3 is 11.1 Å². The van der Waals surface area contributed by atoms with Crippen LogP contribution in [0.15, 0.2) is 15.9 Å². The number of thiophene rings is 1. The van der Waals surface area contributed by atoms with Crippen molar-refractivity contribution in [3.05, 3.63) is 20.8 Å². The standard InChI is InChI=1S/C12H19BrN2S/c13-10-5-6-16-12(10)8-15-7-9-3-1-2-4-11(9)14/h5-6,9,11,15H,1-4,7-8,14H2. The predicted molar refractivity (Wildman–Crippen MR) is 73.7 cm³/mol. The van der Waals surface area contributed by atoms with E-state index in [1.54, 1.807) is 11.3 Å². The van der Waals surface area contributed by atoms with Gasteiger partial charge in [-0.1, -0.05) is 12.8 Å². The van der Waals surface area contributed by atoms with Gasteiger partial charge in [-0.25, -0.2) is 0 Å². The average Bonchev–Trinajstić information content (AvgIpc) is 2.67. The molecule has 90 valence electrons. The molecular formula is C12H19BrN2S. The highest BCUT2D eigenvalue weighted by atomic mass is 79.9. The molecule has 1 aliphatic rings. The monoisotopic (exact) mass is 302 g/mol. The Kier molecular flexibility index (Phi) is 4.82. The first-order chi connectivity index (χ1) is 7.77. The molecule has 1 aromatic heterocycles. The van der Waals surface area contributed by atoms with Crippen LogP contribution >= 0.6 is 27.3 Å². The largest absolute Gasteiger partial charge is 0.327 e. The zero-order valence-electron chi connectivity index (χ0n) is 9.42. The third-order valence-electron chi connectivity index (χ3n) is 3.35. The van der Waals surface area contributed by atoms with Crippen molar-refractivity contribution in [3.63, 3.8) is 0 Å². The van der Waals surface area contributed by atoms with E-state index < -0.39 is 0 Å². The first kappa shape index (κ1) is 12.6. The number of nitrogens with two attached hydrogens (primary N) is 1. The zero-order chi connectivity index (χ0) is 11.4. The van der Waals surface area contributed by atoms with Crippen molar-refractivity contribution in [3.8, 4) is 0 Å². The van der Waals surface area contributed by atoms with Crippen molar-refractivity contribution in [1.82, 2.24) is 5.32 Å². The number of hydrogen-bond acceptors (Lipinski definition) is 3. The van der Waals surface area contributed by atoms with Crippen molar-refractivity contribution in [2.24, 2.45) is 11.7 Å². The summed E-state index contributed by atoms with van der Waals surface area (Å²) in [6, 6.07) is 2.52. The Labute approximate surface area is 110 Å². The molecule has 1 fully saturated rings. The maximum Gasteiger partial charge on any atom is 0.0327 e. The van der Waals surface area contributed by atoms with Crippen LogP contribution in [-0.4, -0.2) is 12.6 Å². The molecule has 2 unspecified atom stereocenters. The summed E-state index contributed by atoms with van der Waals surface area (Å²) in [5.74, 6) is 0.674. The summed E-state index contributed by atoms with van der Waals surface area (Å²) < 4.78 is 1.22. The van der Waals surface area contributed by atoms with Crippen LogP contribution in [0.25, 0.3) is 0 Å². The van der Waals surface area contributed by atoms with E-state index in [0.717, 1.165) is 13.1 Å². The van der Waals surface area contributed by atoms with Gasteiger partial charge in [0.15, 0.2) is 0 Å². The molecule has 4 heteroatoms. The molecule has 0 saturated heterocycles. The lowest BCUT2D eigenvalue weighted by molar-refractivity contribution is 0.296. The van der Waals surface area contributed by atoms with Crippen LogP contribution in [0.5, 0.6) is 0 Å². The second-order valence-electron chi connectivity index (χ2n) is 4.53. The van der Waals surface area contributed by atoms with Crippen LogP contribution in [0.2, 0.25) is 0 Å². The summed E-state index contributed by atoms with van der Waals surface area (Å²) in [6.07, 6.45) is 5.16. The normalized spacial score (nSPS) is 25.9. The van der Waals surface area contributed by atoms with Gasteiger partial charge in [0.05, 0.1) is 0 Å². The molecule has 2 atom stereocenters. The van der Waals surface area contributed by atoms with Crippen molar-refractivity contribution in [1.29, 1.82) is 0 Å². The van der Waals surface area contributed by atoms with E-state index in [4.69, 9.17) is 5.73 Å². The molecule has 0 radical (unpaired) electrons. The third-order valence-corrected chi connectivity index (χ3v) is 5.28. The summed E-state index contributed by atoms with van der Waals surface area (Å²) in [5, 5.41) is 5.65. The van der Waals surface area contributed by atoms with Gasteiger partial charge in [0.2, 0.25) is 0 Å². The van der Waals surface area contributed by atoms with Gasteiger partial charge in [-0.2, -0.15) is 0 Å². The molecule has 3 N–H and O–H groups in total. The van der Waals surface area contributed by atoms with Crippen LogP contribution in [0.4, 0.5) is 0 Å². The van der Waals surface area contributed by atoms with E-state index in [-0.39, 0.29) is 0 Å². The molecule has 1 aliphatic carbocycles. The summed E-state index contributed by atoms with van der Waals surface area (Å²) in [6.45, 7) is 2.02. The summed E-state index contributed by atoms with van der Waals surface area (Å²) >= 11 is 5.35. The van der Waals surface area contributed by atoms with E-state index in [0.29, 0.717) is 12.0 Å². The fourth-order valence-corrected chi connectivity index (χ4v) is 3.77. The van der Waals surface area contributed by atoms with E-state index in [1.165, 1.54) is 35.0 Å². The fraction of sp³-hybridized carbons (Fsp3) is 0.667. The SMILES string of the molecule is NC1CCCCC1CNCc1sccc1Br. The topological polar surface area (TPSA) is 38.0 Å². The van der Waals surface area contributed by atoms with Crippen LogP contribution in [0.3, 0.4) is 0 Å². The number of hydrogen-bond donors (Lipinski definition) is 2. The van der Waals surface area contributed by atoms with Crippen LogP contribution in [0.1, 0.15) is 30.6 Å². The molecule has 2 nitrogen and oxygen atoms in total. The van der Waals surface area contributed by atoms with Crippen molar-refractivity contribution in [2.75, 3.05) is 6.54 Å². The average molecular weight is 303 g/mol. The minimum atomic E-state index is 0.410. The number of halogens is 1. The maximum atomic E-state index is 6.12. The quantitative estimate of drug-likeness (QED) is 0.897. The maximum absolute atomic E-state index is 6.12. The van der Waals surface area contributed by atoms with Crippen LogP contribution in [-0.2, 0) is 6.54 Å². The Morgan fingerprint density at radius 1 is 1.44 bits per heavy atom. The molecule has 0 amide bonds. The van der Waals surface area contributed by atoms with Gasteiger partial charge in [0.25, 0.3) is 0 Å². The Hall–Kier alpha value is 0.100. The Morgan fingerprint density at radius 2 is 2.25 bits per heavy atom. The van der Waals surface area contributed by atoms with Gasteiger partial charge in [-0.05, 0) is 52.7 Å². The van der Waals surface area contributed by atoms with Crippen LogP contribution in [0, 0.1) is 5.92 Å². The van der Waals surface area contributed by atoms with Crippen LogP contribution < -0.4 is 11.1 Å². The van der Waals surface area contributed by atoms with Crippen molar-refractivity contribution < 1.29 is 0 Å². The van der Waals surface area contributed by atoms with E-state index in [2.05, 4.69) is 32.7 Å². The summed E-state index contributed by atoms with van der Waals surface area (Å²) in [7, 11) is 0. The third kappa shape index (κ3) is 3.29. The summed E-state index contributed by atoms with van der Waals surface area (Å²) in [4.78, 5) is 1.38. The molecule has 1 aromatic rings. The lowest BCUT2D eigenvalue weighted by Gasteiger charge is -2.28. The summed E-state index contributed by atoms with van der Waals surface area (Å²) in [5.41, 5.74) is 6.12. The minimum Gasteiger partial charge on any atom is -0.327 e. The Balaban J connectivity index is 1.73. The first-order valence-corrected chi connectivity index (χ1v) is 7.63. The van der Waals surface area contributed by atoms with Crippen molar-refractivity contribution >= 4 is 27.3 Å². The van der Waals surface area contributed by atoms with Gasteiger partial charge in [-0.3, -0.25) is 0 Å². The zero-order valence-corrected chi connectivity index (χ0v) is 11.8. The predicted octanol–water partition coefficient (Wildman–Crippen LogP) is 3.12. The molecule has 0 spiro atoms. The first-order valence-electron chi connectivity index (χ1n) is 5.95. The molecular weight excluding hydrogens is 284 g/mol. The lowest BCUT2D eigenvalue weighted by atomic mass is 9.85. The molecule has 1 saturated carbocycles. The second kappa shape index (κ2) is 6.15. The molecule has 2 rings (SSSR count). The van der Waals surface area contributed by atoms with Gasteiger partial charge in [0.1, 0.15) is 0 Å². The highest BCUT2D eigenvalue weighted by Crippen LogP contribution is 2.24. The molecule has 0 aliphatic heterocycles. The smallest absolute Gasteiger partial charge is 0.0327 e. The molecule has 0 aromatic carbocycles. The van der Waals surface area contributed by atoms with Gasteiger partial charge in [-0.15, -0.1) is 11.3 Å². The second-order valence-corrected chi connectivity index (χ2v) is 6.39. The van der Waals surface area contributed by atoms with Gasteiger partial charge in [0, 0.05) is 21.9 Å².